The van der Waals surface area contributed by atoms with Crippen LogP contribution in [-0.4, -0.2) is 21.1 Å². The Balaban J connectivity index is 1.76. The molecule has 0 bridgehead atoms. The standard InChI is InChI=1S/C18H14F2N4O/c1-11-17(12-7-9-21-10-8-12)23-24-18(11)22-16(25)6-5-13-14(19)3-2-4-15(13)20/h2-10H,1H3,(H2,22,23,24,25)/b6-5-. The van der Waals surface area contributed by atoms with Crippen LogP contribution in [0.1, 0.15) is 11.1 Å². The Morgan fingerprint density at radius 3 is 2.52 bits per heavy atom. The van der Waals surface area contributed by atoms with Crippen LogP contribution in [0.25, 0.3) is 17.3 Å². The predicted octanol–water partition coefficient (Wildman–Crippen LogP) is 3.71. The van der Waals surface area contributed by atoms with E-state index < -0.39 is 17.5 Å². The van der Waals surface area contributed by atoms with Gasteiger partial charge in [-0.05, 0) is 37.3 Å². The van der Waals surface area contributed by atoms with Gasteiger partial charge in [0.05, 0.1) is 5.69 Å². The van der Waals surface area contributed by atoms with Crippen LogP contribution < -0.4 is 5.32 Å². The van der Waals surface area contributed by atoms with E-state index in [9.17, 15) is 13.6 Å². The molecule has 0 unspecified atom stereocenters. The van der Waals surface area contributed by atoms with Crippen molar-refractivity contribution in [3.8, 4) is 11.3 Å². The van der Waals surface area contributed by atoms with Gasteiger partial charge in [-0.3, -0.25) is 14.9 Å². The van der Waals surface area contributed by atoms with Crippen molar-refractivity contribution in [2.45, 2.75) is 6.92 Å². The van der Waals surface area contributed by atoms with Gasteiger partial charge in [-0.2, -0.15) is 5.10 Å². The van der Waals surface area contributed by atoms with E-state index in [0.29, 0.717) is 5.82 Å². The highest BCUT2D eigenvalue weighted by Gasteiger charge is 2.12. The average Bonchev–Trinajstić information content (AvgIpc) is 2.96. The highest BCUT2D eigenvalue weighted by atomic mass is 19.1. The Hall–Kier alpha value is -3.35. The van der Waals surface area contributed by atoms with Gasteiger partial charge in [0.1, 0.15) is 11.6 Å². The largest absolute Gasteiger partial charge is 0.305 e. The lowest BCUT2D eigenvalue weighted by Gasteiger charge is -2.01. The van der Waals surface area contributed by atoms with E-state index in [4.69, 9.17) is 0 Å². The van der Waals surface area contributed by atoms with Crippen molar-refractivity contribution in [2.24, 2.45) is 0 Å². The Labute approximate surface area is 142 Å². The molecule has 3 aromatic rings. The fourth-order valence-electron chi connectivity index (χ4n) is 2.31. The number of aromatic nitrogens is 3. The summed E-state index contributed by atoms with van der Waals surface area (Å²) in [6, 6.07) is 7.13. The molecule has 25 heavy (non-hydrogen) atoms. The number of nitrogens with one attached hydrogen (secondary N) is 2. The summed E-state index contributed by atoms with van der Waals surface area (Å²) in [6.07, 6.45) is 5.45. The summed E-state index contributed by atoms with van der Waals surface area (Å²) in [5, 5.41) is 9.49. The lowest BCUT2D eigenvalue weighted by atomic mass is 10.1. The topological polar surface area (TPSA) is 70.7 Å². The van der Waals surface area contributed by atoms with Gasteiger partial charge in [-0.1, -0.05) is 6.07 Å². The SMILES string of the molecule is Cc1c(NC(=O)/C=C\c2c(F)cccc2F)n[nH]c1-c1ccncc1. The smallest absolute Gasteiger partial charge is 0.249 e. The van der Waals surface area contributed by atoms with Gasteiger partial charge in [0.2, 0.25) is 5.91 Å². The second-order valence-electron chi connectivity index (χ2n) is 5.27. The first-order valence-corrected chi connectivity index (χ1v) is 7.44. The average molecular weight is 340 g/mol. The van der Waals surface area contributed by atoms with Crippen LogP contribution in [0.5, 0.6) is 0 Å². The van der Waals surface area contributed by atoms with Crippen molar-refractivity contribution in [3.63, 3.8) is 0 Å². The van der Waals surface area contributed by atoms with Crippen LogP contribution >= 0.6 is 0 Å². The second-order valence-corrected chi connectivity index (χ2v) is 5.27. The Morgan fingerprint density at radius 1 is 1.16 bits per heavy atom. The minimum Gasteiger partial charge on any atom is -0.305 e. The predicted molar refractivity (Wildman–Crippen MR) is 90.6 cm³/mol. The number of carbonyl (C=O) groups is 1. The van der Waals surface area contributed by atoms with Gasteiger partial charge < -0.3 is 5.32 Å². The molecule has 0 aliphatic carbocycles. The number of amides is 1. The molecular weight excluding hydrogens is 326 g/mol. The maximum Gasteiger partial charge on any atom is 0.249 e. The molecule has 1 aromatic carbocycles. The van der Waals surface area contributed by atoms with E-state index in [-0.39, 0.29) is 5.56 Å². The Bertz CT molecular complexity index is 915. The quantitative estimate of drug-likeness (QED) is 0.711. The van der Waals surface area contributed by atoms with Gasteiger partial charge in [0, 0.05) is 35.2 Å². The number of nitrogens with zero attached hydrogens (tertiary/aromatic N) is 2. The van der Waals surface area contributed by atoms with Gasteiger partial charge >= 0.3 is 0 Å². The molecular formula is C18H14F2N4O. The molecule has 0 saturated heterocycles. The molecule has 3 rings (SSSR count). The number of benzene rings is 1. The van der Waals surface area contributed by atoms with Crippen molar-refractivity contribution in [1.29, 1.82) is 0 Å². The van der Waals surface area contributed by atoms with E-state index >= 15 is 0 Å². The fraction of sp³-hybridized carbons (Fsp3) is 0.0556. The number of rotatable bonds is 4. The summed E-state index contributed by atoms with van der Waals surface area (Å²) in [5.41, 5.74) is 2.10. The molecule has 5 nitrogen and oxygen atoms in total. The molecule has 126 valence electrons. The number of H-pyrrole nitrogens is 1. The van der Waals surface area contributed by atoms with Gasteiger partial charge in [-0.15, -0.1) is 0 Å². The third-order valence-electron chi connectivity index (χ3n) is 3.62. The maximum absolute atomic E-state index is 13.5. The van der Waals surface area contributed by atoms with Crippen LogP contribution in [0, 0.1) is 18.6 Å². The van der Waals surface area contributed by atoms with Crippen LogP contribution in [0.4, 0.5) is 14.6 Å². The van der Waals surface area contributed by atoms with Crippen LogP contribution in [0.3, 0.4) is 0 Å². The molecule has 0 fully saturated rings. The zero-order valence-corrected chi connectivity index (χ0v) is 13.3. The number of pyridine rings is 1. The zero-order chi connectivity index (χ0) is 17.8. The molecule has 2 N–H and O–H groups in total. The number of hydrogen-bond donors (Lipinski definition) is 2. The molecule has 0 spiro atoms. The van der Waals surface area contributed by atoms with Crippen molar-refractivity contribution in [1.82, 2.24) is 15.2 Å². The van der Waals surface area contributed by atoms with Crippen molar-refractivity contribution in [3.05, 3.63) is 71.6 Å². The molecule has 0 saturated carbocycles. The highest BCUT2D eigenvalue weighted by Crippen LogP contribution is 2.25. The molecule has 2 aromatic heterocycles. The normalized spacial score (nSPS) is 11.0. The summed E-state index contributed by atoms with van der Waals surface area (Å²) in [4.78, 5) is 15.9. The third-order valence-corrected chi connectivity index (χ3v) is 3.62. The van der Waals surface area contributed by atoms with Crippen molar-refractivity contribution in [2.75, 3.05) is 5.32 Å². The summed E-state index contributed by atoms with van der Waals surface area (Å²) in [6.45, 7) is 1.80. The van der Waals surface area contributed by atoms with Crippen molar-refractivity contribution < 1.29 is 13.6 Å². The van der Waals surface area contributed by atoms with E-state index in [2.05, 4.69) is 20.5 Å². The first-order valence-electron chi connectivity index (χ1n) is 7.44. The lowest BCUT2D eigenvalue weighted by molar-refractivity contribution is -0.111. The van der Waals surface area contributed by atoms with Crippen LogP contribution in [0.2, 0.25) is 0 Å². The summed E-state index contributed by atoms with van der Waals surface area (Å²) in [5.74, 6) is -1.67. The first-order chi connectivity index (χ1) is 12.1. The lowest BCUT2D eigenvalue weighted by Crippen LogP contribution is -2.09. The maximum atomic E-state index is 13.5. The minimum absolute atomic E-state index is 0.270. The Kier molecular flexibility index (Phi) is 4.65. The third kappa shape index (κ3) is 3.60. The van der Waals surface area contributed by atoms with E-state index in [0.717, 1.165) is 41.1 Å². The summed E-state index contributed by atoms with van der Waals surface area (Å²) in [7, 11) is 0. The monoisotopic (exact) mass is 340 g/mol. The first kappa shape index (κ1) is 16.5. The number of aromatic amines is 1. The molecule has 0 atom stereocenters. The Morgan fingerprint density at radius 2 is 1.84 bits per heavy atom. The summed E-state index contributed by atoms with van der Waals surface area (Å²) < 4.78 is 27.1. The zero-order valence-electron chi connectivity index (χ0n) is 13.3. The second kappa shape index (κ2) is 7.04. The molecule has 1 amide bonds. The molecule has 0 aliphatic rings. The van der Waals surface area contributed by atoms with Gasteiger partial charge in [0.25, 0.3) is 0 Å². The number of halogens is 2. The molecule has 7 heteroatoms. The van der Waals surface area contributed by atoms with Gasteiger partial charge in [0.15, 0.2) is 5.82 Å². The number of carbonyl (C=O) groups excluding carboxylic acids is 1. The van der Waals surface area contributed by atoms with Crippen molar-refractivity contribution >= 4 is 17.8 Å². The minimum atomic E-state index is -0.736. The van der Waals surface area contributed by atoms with Crippen LogP contribution in [0.15, 0.2) is 48.8 Å². The number of hydrogen-bond acceptors (Lipinski definition) is 3. The van der Waals surface area contributed by atoms with Gasteiger partial charge in [-0.25, -0.2) is 8.78 Å². The fourth-order valence-corrected chi connectivity index (χ4v) is 2.31. The molecule has 0 aliphatic heterocycles. The molecule has 2 heterocycles. The van der Waals surface area contributed by atoms with E-state index in [1.807, 2.05) is 12.1 Å². The molecule has 0 radical (unpaired) electrons. The van der Waals surface area contributed by atoms with E-state index in [1.54, 1.807) is 19.3 Å². The van der Waals surface area contributed by atoms with Crippen LogP contribution in [-0.2, 0) is 4.79 Å². The highest BCUT2D eigenvalue weighted by molar-refractivity contribution is 6.02. The number of anilines is 1. The summed E-state index contributed by atoms with van der Waals surface area (Å²) >= 11 is 0. The van der Waals surface area contributed by atoms with E-state index in [1.165, 1.54) is 6.07 Å².